The molecule has 1 fully saturated rings. The van der Waals surface area contributed by atoms with Gasteiger partial charge in [0.15, 0.2) is 11.6 Å². The first kappa shape index (κ1) is 31.4. The zero-order chi connectivity index (χ0) is 31.1. The van der Waals surface area contributed by atoms with Gasteiger partial charge in [-0.15, -0.1) is 0 Å². The first-order valence-corrected chi connectivity index (χ1v) is 15.7. The average Bonchev–Trinajstić information content (AvgIpc) is 3.06. The molecule has 0 aromatic heterocycles. The number of fused-ring (bicyclic) bond motifs is 1. The predicted octanol–water partition coefficient (Wildman–Crippen LogP) is 6.26. The molecule has 0 spiro atoms. The van der Waals surface area contributed by atoms with Gasteiger partial charge in [0.1, 0.15) is 5.75 Å². The third-order valence-corrected chi connectivity index (χ3v) is 8.43. The van der Waals surface area contributed by atoms with Crippen molar-refractivity contribution in [3.63, 3.8) is 0 Å². The molecule has 234 valence electrons. The fourth-order valence-corrected chi connectivity index (χ4v) is 6.18. The van der Waals surface area contributed by atoms with Crippen molar-refractivity contribution in [2.45, 2.75) is 52.6 Å². The highest BCUT2D eigenvalue weighted by molar-refractivity contribution is 5.96. The Morgan fingerprint density at radius 1 is 0.795 bits per heavy atom. The minimum Gasteiger partial charge on any atom is -0.492 e. The Morgan fingerprint density at radius 2 is 1.55 bits per heavy atom. The summed E-state index contributed by atoms with van der Waals surface area (Å²) in [4.78, 5) is 34.8. The number of rotatable bonds is 6. The van der Waals surface area contributed by atoms with Crippen LogP contribution >= 0.6 is 0 Å². The lowest BCUT2D eigenvalue weighted by molar-refractivity contribution is -0.116. The molecule has 0 radical (unpaired) electrons. The molecule has 2 heterocycles. The number of nitrogens with zero attached hydrogens (tertiary/aromatic N) is 4. The molecule has 5 rings (SSSR count). The van der Waals surface area contributed by atoms with Crippen LogP contribution in [0, 0.1) is 11.6 Å². The van der Waals surface area contributed by atoms with Gasteiger partial charge in [-0.2, -0.15) is 0 Å². The Bertz CT molecular complexity index is 1450. The normalized spacial score (nSPS) is 16.7. The van der Waals surface area contributed by atoms with Gasteiger partial charge in [0, 0.05) is 70.9 Å². The van der Waals surface area contributed by atoms with Crippen molar-refractivity contribution < 1.29 is 23.1 Å². The van der Waals surface area contributed by atoms with Gasteiger partial charge in [0.05, 0.1) is 18.0 Å². The maximum Gasteiger partial charge on any atom is 0.254 e. The Morgan fingerprint density at radius 3 is 2.27 bits per heavy atom. The van der Waals surface area contributed by atoms with Crippen LogP contribution in [0.5, 0.6) is 5.75 Å². The molecule has 0 bridgehead atoms. The Hall–Kier alpha value is -3.98. The highest BCUT2D eigenvalue weighted by Crippen LogP contribution is 2.33. The number of ether oxygens (including phenoxy) is 1. The molecule has 0 aliphatic carbocycles. The summed E-state index contributed by atoms with van der Waals surface area (Å²) in [7, 11) is 0. The second kappa shape index (κ2) is 14.7. The first-order valence-electron chi connectivity index (χ1n) is 15.7. The molecule has 0 N–H and O–H groups in total. The molecule has 7 nitrogen and oxygen atoms in total. The number of anilines is 2. The van der Waals surface area contributed by atoms with Gasteiger partial charge in [0.25, 0.3) is 5.91 Å². The topological polar surface area (TPSA) is 56.3 Å². The van der Waals surface area contributed by atoms with Gasteiger partial charge in [-0.25, -0.2) is 8.78 Å². The number of halogens is 2. The van der Waals surface area contributed by atoms with Gasteiger partial charge in [0.2, 0.25) is 5.91 Å². The Balaban J connectivity index is 1.52. The van der Waals surface area contributed by atoms with E-state index >= 15 is 0 Å². The molecule has 2 aliphatic heterocycles. The predicted molar refractivity (Wildman–Crippen MR) is 169 cm³/mol. The molecule has 0 unspecified atom stereocenters. The molecule has 3 aromatic carbocycles. The quantitative estimate of drug-likeness (QED) is 0.333. The van der Waals surface area contributed by atoms with E-state index in [1.165, 1.54) is 18.2 Å². The van der Waals surface area contributed by atoms with E-state index in [1.54, 1.807) is 11.0 Å². The lowest BCUT2D eigenvalue weighted by atomic mass is 10.1. The molecule has 0 saturated carbocycles. The molecular formula is C35H42F2N4O3. The highest BCUT2D eigenvalue weighted by atomic mass is 19.2. The summed E-state index contributed by atoms with van der Waals surface area (Å²) < 4.78 is 35.2. The van der Waals surface area contributed by atoms with Crippen LogP contribution in [0.1, 0.15) is 61.0 Å². The van der Waals surface area contributed by atoms with E-state index in [4.69, 9.17) is 4.74 Å². The van der Waals surface area contributed by atoms with Gasteiger partial charge < -0.3 is 19.4 Å². The summed E-state index contributed by atoms with van der Waals surface area (Å²) in [6, 6.07) is 17.9. The van der Waals surface area contributed by atoms with E-state index in [2.05, 4.69) is 21.9 Å². The van der Waals surface area contributed by atoms with Crippen molar-refractivity contribution in [2.24, 2.45) is 0 Å². The van der Waals surface area contributed by atoms with Crippen LogP contribution in [0.25, 0.3) is 0 Å². The summed E-state index contributed by atoms with van der Waals surface area (Å²) in [5.41, 5.74) is 3.25. The summed E-state index contributed by atoms with van der Waals surface area (Å²) in [6.45, 7) is 8.36. The maximum atomic E-state index is 14.7. The van der Waals surface area contributed by atoms with Gasteiger partial charge in [-0.1, -0.05) is 30.3 Å². The van der Waals surface area contributed by atoms with Crippen molar-refractivity contribution >= 4 is 23.2 Å². The number of carbonyl (C=O) groups excluding carboxylic acids is 2. The van der Waals surface area contributed by atoms with Crippen LogP contribution in [0.2, 0.25) is 0 Å². The third kappa shape index (κ3) is 7.56. The summed E-state index contributed by atoms with van der Waals surface area (Å²) in [6.07, 6.45) is 3.98. The second-order valence-corrected chi connectivity index (χ2v) is 11.6. The number of piperidine rings is 1. The molecule has 2 amide bonds. The SMILES string of the molecule is CCOc1ccc(C(=O)N2CCN(Cc3ccccc3)CCCN(C(C)=O)c3cc(F)c(F)cc3C2)cc1N1CCCCC1. The first-order chi connectivity index (χ1) is 21.3. The standard InChI is InChI=1S/C35H42F2N4O3/c1-3-44-34-14-13-28(22-33(34)39-16-8-5-9-17-39)35(43)40-20-19-38(24-27-11-6-4-7-12-27)15-10-18-41(26(2)42)32-23-31(37)30(36)21-29(32)25-40/h4,6-7,11-14,21-23H,3,5,8-10,15-20,24-25H2,1-2H3. The van der Waals surface area contributed by atoms with Gasteiger partial charge in [-0.3, -0.25) is 14.5 Å². The Kier molecular flexibility index (Phi) is 10.5. The van der Waals surface area contributed by atoms with Crippen molar-refractivity contribution in [1.29, 1.82) is 0 Å². The van der Waals surface area contributed by atoms with E-state index < -0.39 is 11.6 Å². The van der Waals surface area contributed by atoms with Crippen LogP contribution in [0.3, 0.4) is 0 Å². The molecule has 44 heavy (non-hydrogen) atoms. The minimum absolute atomic E-state index is 0.0284. The fraction of sp³-hybridized carbons (Fsp3) is 0.429. The van der Waals surface area contributed by atoms with Crippen LogP contribution in [0.15, 0.2) is 60.7 Å². The van der Waals surface area contributed by atoms with Crippen molar-refractivity contribution in [1.82, 2.24) is 9.80 Å². The molecule has 3 aromatic rings. The second-order valence-electron chi connectivity index (χ2n) is 11.6. The van der Waals surface area contributed by atoms with E-state index in [0.29, 0.717) is 62.6 Å². The molecule has 9 heteroatoms. The number of amides is 2. The van der Waals surface area contributed by atoms with Crippen LogP contribution in [-0.2, 0) is 17.9 Å². The third-order valence-electron chi connectivity index (χ3n) is 8.43. The zero-order valence-electron chi connectivity index (χ0n) is 25.7. The number of benzene rings is 3. The smallest absolute Gasteiger partial charge is 0.254 e. The summed E-state index contributed by atoms with van der Waals surface area (Å²) in [5.74, 6) is -1.76. The van der Waals surface area contributed by atoms with Gasteiger partial charge >= 0.3 is 0 Å². The zero-order valence-corrected chi connectivity index (χ0v) is 25.7. The molecule has 0 atom stereocenters. The lowest BCUT2D eigenvalue weighted by Gasteiger charge is -2.31. The molecule has 2 aliphatic rings. The van der Waals surface area contributed by atoms with Crippen molar-refractivity contribution in [2.75, 3.05) is 55.7 Å². The minimum atomic E-state index is -1.02. The summed E-state index contributed by atoms with van der Waals surface area (Å²) in [5, 5.41) is 0. The maximum absolute atomic E-state index is 14.7. The monoisotopic (exact) mass is 604 g/mol. The van der Waals surface area contributed by atoms with E-state index in [0.717, 1.165) is 55.1 Å². The summed E-state index contributed by atoms with van der Waals surface area (Å²) >= 11 is 0. The average molecular weight is 605 g/mol. The van der Waals surface area contributed by atoms with E-state index in [1.807, 2.05) is 37.3 Å². The van der Waals surface area contributed by atoms with Gasteiger partial charge in [-0.05, 0) is 68.0 Å². The van der Waals surface area contributed by atoms with Crippen molar-refractivity contribution in [3.05, 3.63) is 89.0 Å². The molecular weight excluding hydrogens is 562 g/mol. The number of carbonyl (C=O) groups is 2. The largest absolute Gasteiger partial charge is 0.492 e. The van der Waals surface area contributed by atoms with E-state index in [9.17, 15) is 18.4 Å². The Labute approximate surface area is 259 Å². The molecule has 1 saturated heterocycles. The lowest BCUT2D eigenvalue weighted by Crippen LogP contribution is -2.38. The fourth-order valence-electron chi connectivity index (χ4n) is 6.18. The van der Waals surface area contributed by atoms with Crippen molar-refractivity contribution in [3.8, 4) is 5.75 Å². The number of hydrogen-bond acceptors (Lipinski definition) is 5. The van der Waals surface area contributed by atoms with Crippen LogP contribution < -0.4 is 14.5 Å². The van der Waals surface area contributed by atoms with Crippen LogP contribution in [0.4, 0.5) is 20.2 Å². The highest BCUT2D eigenvalue weighted by Gasteiger charge is 2.26. The van der Waals surface area contributed by atoms with E-state index in [-0.39, 0.29) is 18.4 Å². The van der Waals surface area contributed by atoms with Crippen LogP contribution in [-0.4, -0.2) is 67.5 Å². The number of hydrogen-bond donors (Lipinski definition) is 0.